The van der Waals surface area contributed by atoms with Crippen LogP contribution in [0.25, 0.3) is 5.65 Å². The number of hydrogen-bond donors (Lipinski definition) is 1. The fourth-order valence-electron chi connectivity index (χ4n) is 3.43. The Labute approximate surface area is 154 Å². The van der Waals surface area contributed by atoms with Crippen LogP contribution in [0.2, 0.25) is 0 Å². The highest BCUT2D eigenvalue weighted by Gasteiger charge is 2.28. The molecule has 0 spiro atoms. The van der Waals surface area contributed by atoms with E-state index in [1.165, 1.54) is 4.52 Å². The van der Waals surface area contributed by atoms with Gasteiger partial charge in [-0.05, 0) is 45.1 Å². The lowest BCUT2D eigenvalue weighted by atomic mass is 9.94. The molecule has 0 aliphatic carbocycles. The van der Waals surface area contributed by atoms with Gasteiger partial charge in [-0.1, -0.05) is 4.49 Å². The maximum atomic E-state index is 12.8. The second kappa shape index (κ2) is 6.31. The quantitative estimate of drug-likeness (QED) is 0.740. The molecular weight excluding hydrogens is 352 g/mol. The molecule has 1 N–H and O–H groups in total. The molecule has 136 valence electrons. The van der Waals surface area contributed by atoms with Crippen molar-refractivity contribution in [2.75, 3.05) is 13.1 Å². The zero-order chi connectivity index (χ0) is 18.4. The lowest BCUT2D eigenvalue weighted by Gasteiger charge is -2.31. The van der Waals surface area contributed by atoms with E-state index in [0.717, 1.165) is 42.3 Å². The monoisotopic (exact) mass is 372 g/mol. The average molecular weight is 372 g/mol. The molecule has 1 amide bonds. The van der Waals surface area contributed by atoms with Gasteiger partial charge in [0.15, 0.2) is 5.65 Å². The van der Waals surface area contributed by atoms with E-state index in [4.69, 9.17) is 0 Å². The number of H-pyrrole nitrogens is 1. The van der Waals surface area contributed by atoms with Gasteiger partial charge in [-0.2, -0.15) is 0 Å². The number of fused-ring (bicyclic) bond motifs is 1. The number of nitrogens with zero attached hydrogens (tertiary/aromatic N) is 5. The van der Waals surface area contributed by atoms with Crippen LogP contribution in [0.4, 0.5) is 0 Å². The van der Waals surface area contributed by atoms with Crippen LogP contribution in [0, 0.1) is 20.8 Å². The van der Waals surface area contributed by atoms with Gasteiger partial charge in [-0.15, -0.1) is 5.10 Å². The molecule has 0 bridgehead atoms. The molecule has 1 aliphatic rings. The second-order valence-electron chi connectivity index (χ2n) is 6.81. The van der Waals surface area contributed by atoms with Gasteiger partial charge >= 0.3 is 0 Å². The van der Waals surface area contributed by atoms with Crippen molar-refractivity contribution < 1.29 is 4.79 Å². The first-order valence-corrected chi connectivity index (χ1v) is 9.40. The third kappa shape index (κ3) is 2.72. The van der Waals surface area contributed by atoms with Crippen LogP contribution in [0.1, 0.15) is 51.1 Å². The predicted octanol–water partition coefficient (Wildman–Crippen LogP) is 1.82. The fourth-order valence-corrected chi connectivity index (χ4v) is 4.06. The number of aromatic amines is 1. The van der Waals surface area contributed by atoms with Crippen molar-refractivity contribution in [3.63, 3.8) is 0 Å². The number of rotatable bonds is 2. The van der Waals surface area contributed by atoms with Crippen LogP contribution >= 0.6 is 11.5 Å². The number of hydrogen-bond acceptors (Lipinski definition) is 6. The summed E-state index contributed by atoms with van der Waals surface area (Å²) in [6.45, 7) is 6.76. The molecule has 3 aromatic heterocycles. The summed E-state index contributed by atoms with van der Waals surface area (Å²) in [6, 6.07) is 1.92. The zero-order valence-electron chi connectivity index (χ0n) is 14.9. The Morgan fingerprint density at radius 3 is 2.85 bits per heavy atom. The van der Waals surface area contributed by atoms with Gasteiger partial charge in [0.05, 0.1) is 5.69 Å². The first-order chi connectivity index (χ1) is 12.5. The molecule has 1 fully saturated rings. The third-order valence-corrected chi connectivity index (χ3v) is 5.91. The fraction of sp³-hybridized carbons (Fsp3) is 0.471. The third-order valence-electron chi connectivity index (χ3n) is 5.10. The van der Waals surface area contributed by atoms with Gasteiger partial charge < -0.3 is 4.90 Å². The highest BCUT2D eigenvalue weighted by Crippen LogP contribution is 2.28. The standard InChI is InChI=1S/C17H20N6O2S/c1-9-10(2)18-14-7-13(20-23(14)16(9)24)12-5-4-6-22(8-12)17(25)15-11(3)19-21-26-15/h7,12,20H,4-6,8H2,1-3H3/t12-/m0/s1. The number of carbonyl (C=O) groups is 1. The van der Waals surface area contributed by atoms with Gasteiger partial charge in [0.1, 0.15) is 4.88 Å². The first-order valence-electron chi connectivity index (χ1n) is 8.63. The summed E-state index contributed by atoms with van der Waals surface area (Å²) in [7, 11) is 0. The lowest BCUT2D eigenvalue weighted by molar-refractivity contribution is 0.0710. The van der Waals surface area contributed by atoms with E-state index in [1.54, 1.807) is 13.8 Å². The minimum absolute atomic E-state index is 0.0136. The number of nitrogens with one attached hydrogen (secondary N) is 1. The zero-order valence-corrected chi connectivity index (χ0v) is 15.8. The summed E-state index contributed by atoms with van der Waals surface area (Å²) < 4.78 is 5.36. The molecule has 9 heteroatoms. The molecule has 0 unspecified atom stereocenters. The molecule has 4 rings (SSSR count). The van der Waals surface area contributed by atoms with Crippen molar-refractivity contribution in [2.24, 2.45) is 0 Å². The molecule has 0 radical (unpaired) electrons. The maximum Gasteiger partial charge on any atom is 0.275 e. The van der Waals surface area contributed by atoms with Crippen LogP contribution in [-0.2, 0) is 0 Å². The van der Waals surface area contributed by atoms with E-state index in [-0.39, 0.29) is 17.4 Å². The van der Waals surface area contributed by atoms with E-state index in [0.29, 0.717) is 28.3 Å². The summed E-state index contributed by atoms with van der Waals surface area (Å²) in [5.74, 6) is 0.135. The van der Waals surface area contributed by atoms with Crippen LogP contribution in [0.15, 0.2) is 10.9 Å². The molecule has 1 atom stereocenters. The summed E-state index contributed by atoms with van der Waals surface area (Å²) in [5.41, 5.74) is 3.55. The summed E-state index contributed by atoms with van der Waals surface area (Å²) in [6.07, 6.45) is 1.88. The van der Waals surface area contributed by atoms with Crippen molar-refractivity contribution in [1.29, 1.82) is 0 Å². The Bertz CT molecular complexity index is 1050. The summed E-state index contributed by atoms with van der Waals surface area (Å²) in [4.78, 5) is 32.1. The molecule has 1 saturated heterocycles. The van der Waals surface area contributed by atoms with E-state index >= 15 is 0 Å². The Balaban J connectivity index is 1.63. The topological polar surface area (TPSA) is 96.2 Å². The smallest absolute Gasteiger partial charge is 0.275 e. The minimum Gasteiger partial charge on any atom is -0.337 e. The molecule has 0 saturated carbocycles. The minimum atomic E-state index is -0.0751. The molecule has 4 heterocycles. The number of aryl methyl sites for hydroxylation is 2. The Morgan fingerprint density at radius 2 is 2.12 bits per heavy atom. The molecule has 26 heavy (non-hydrogen) atoms. The number of amides is 1. The van der Waals surface area contributed by atoms with E-state index < -0.39 is 0 Å². The van der Waals surface area contributed by atoms with Gasteiger partial charge in [-0.25, -0.2) is 9.50 Å². The maximum absolute atomic E-state index is 12.8. The van der Waals surface area contributed by atoms with Crippen LogP contribution < -0.4 is 5.56 Å². The number of aromatic nitrogens is 5. The van der Waals surface area contributed by atoms with Gasteiger partial charge in [-0.3, -0.25) is 14.7 Å². The van der Waals surface area contributed by atoms with Crippen molar-refractivity contribution in [3.8, 4) is 0 Å². The predicted molar refractivity (Wildman–Crippen MR) is 97.8 cm³/mol. The molecule has 1 aliphatic heterocycles. The number of carbonyl (C=O) groups excluding carboxylic acids is 1. The van der Waals surface area contributed by atoms with Gasteiger partial charge in [0.25, 0.3) is 11.5 Å². The van der Waals surface area contributed by atoms with Gasteiger partial charge in [0.2, 0.25) is 0 Å². The molecule has 3 aromatic rings. The first kappa shape index (κ1) is 16.9. The molecular formula is C17H20N6O2S. The van der Waals surface area contributed by atoms with E-state index in [1.807, 2.05) is 17.9 Å². The van der Waals surface area contributed by atoms with Crippen molar-refractivity contribution >= 4 is 23.1 Å². The van der Waals surface area contributed by atoms with Crippen molar-refractivity contribution in [2.45, 2.75) is 39.5 Å². The van der Waals surface area contributed by atoms with Crippen LogP contribution in [-0.4, -0.2) is 48.1 Å². The highest BCUT2D eigenvalue weighted by atomic mass is 32.1. The Kier molecular flexibility index (Phi) is 4.10. The highest BCUT2D eigenvalue weighted by molar-refractivity contribution is 7.07. The lowest BCUT2D eigenvalue weighted by Crippen LogP contribution is -2.39. The summed E-state index contributed by atoms with van der Waals surface area (Å²) >= 11 is 1.14. The Hall–Kier alpha value is -2.55. The summed E-state index contributed by atoms with van der Waals surface area (Å²) in [5, 5.41) is 7.12. The number of likely N-dealkylation sites (tertiary alicyclic amines) is 1. The van der Waals surface area contributed by atoms with Crippen molar-refractivity contribution in [3.05, 3.63) is 43.9 Å². The largest absolute Gasteiger partial charge is 0.337 e. The SMILES string of the molecule is Cc1nnsc1C(=O)N1CCC[C@H](c2cc3nc(C)c(C)c(=O)n3[nH]2)C1. The van der Waals surface area contributed by atoms with E-state index in [9.17, 15) is 9.59 Å². The average Bonchev–Trinajstić information content (AvgIpc) is 3.25. The molecule has 0 aromatic carbocycles. The van der Waals surface area contributed by atoms with Crippen LogP contribution in [0.5, 0.6) is 0 Å². The van der Waals surface area contributed by atoms with Crippen LogP contribution in [0.3, 0.4) is 0 Å². The van der Waals surface area contributed by atoms with Crippen molar-refractivity contribution in [1.82, 2.24) is 29.1 Å². The van der Waals surface area contributed by atoms with E-state index in [2.05, 4.69) is 19.7 Å². The molecule has 8 nitrogen and oxygen atoms in total. The normalized spacial score (nSPS) is 17.8. The Morgan fingerprint density at radius 1 is 1.31 bits per heavy atom. The van der Waals surface area contributed by atoms with Gasteiger partial charge in [0, 0.05) is 42.0 Å². The number of piperidine rings is 1. The second-order valence-corrected chi connectivity index (χ2v) is 7.56.